The van der Waals surface area contributed by atoms with Crippen LogP contribution in [0.1, 0.15) is 59.8 Å². The Kier molecular flexibility index (Phi) is 9.89. The minimum absolute atomic E-state index is 0.0104. The molecule has 3 aromatic carbocycles. The lowest BCUT2D eigenvalue weighted by molar-refractivity contribution is -0.0893. The summed E-state index contributed by atoms with van der Waals surface area (Å²) in [6.45, 7) is 3.28. The highest BCUT2D eigenvalue weighted by Gasteiger charge is 2.42. The quantitative estimate of drug-likeness (QED) is 0.225. The second kappa shape index (κ2) is 14.4. The first kappa shape index (κ1) is 31.0. The maximum atomic E-state index is 14.6. The minimum atomic E-state index is -1.02. The number of hydrogen-bond acceptors (Lipinski definition) is 5. The molecule has 1 aliphatic carbocycles. The molecular weight excluding hydrogens is 560 g/mol. The highest BCUT2D eigenvalue weighted by atomic mass is 16.5. The molecule has 0 unspecified atom stereocenters. The molecule has 0 radical (unpaired) electrons. The van der Waals surface area contributed by atoms with Crippen LogP contribution in [0, 0.1) is 0 Å². The molecule has 1 aromatic heterocycles. The van der Waals surface area contributed by atoms with Crippen molar-refractivity contribution in [1.82, 2.24) is 19.4 Å². The van der Waals surface area contributed by atoms with Crippen molar-refractivity contribution < 1.29 is 14.6 Å². The molecule has 7 heteroatoms. The summed E-state index contributed by atoms with van der Waals surface area (Å²) in [5.41, 5.74) is 3.54. The fraction of sp³-hybridized carbons (Fsp3) is 0.368. The topological polar surface area (TPSA) is 70.8 Å². The first-order valence-corrected chi connectivity index (χ1v) is 16.2. The molecule has 1 saturated carbocycles. The van der Waals surface area contributed by atoms with Gasteiger partial charge in [0.25, 0.3) is 5.91 Å². The molecule has 3 atom stereocenters. The number of aromatic nitrogens is 2. The SMILES string of the molecule is COC[C@]1(O)CCCC[C@H]1n1cnc(C(=O)N2CCN(Cc3ccccc3)C[C@H]2C/C=C/c2ccccc2)c1-c1ccccc1. The smallest absolute Gasteiger partial charge is 0.275 e. The van der Waals surface area contributed by atoms with Crippen LogP contribution in [0.3, 0.4) is 0 Å². The number of nitrogens with zero attached hydrogens (tertiary/aromatic N) is 4. The zero-order valence-corrected chi connectivity index (χ0v) is 26.2. The number of carbonyl (C=O) groups excluding carboxylic acids is 1. The number of imidazole rings is 1. The third-order valence-electron chi connectivity index (χ3n) is 9.33. The number of rotatable bonds is 10. The average molecular weight is 605 g/mol. The van der Waals surface area contributed by atoms with Crippen LogP contribution in [-0.2, 0) is 11.3 Å². The van der Waals surface area contributed by atoms with E-state index in [1.807, 2.05) is 59.5 Å². The third-order valence-corrected chi connectivity index (χ3v) is 9.33. The largest absolute Gasteiger partial charge is 0.385 e. The standard InChI is InChI=1S/C38H44N4O3/c1-45-28-38(44)23-12-11-22-34(38)42-29-39-35(36(42)32-19-9-4-10-20-32)37(43)41-25-24-40(26-31-16-7-3-8-17-31)27-33(41)21-13-18-30-14-5-2-6-15-30/h2-10,13-20,29,33-34,44H,11-12,21-28H2,1H3/b18-13+/t33-,34-,38-/m1/s1. The molecule has 0 bridgehead atoms. The maximum Gasteiger partial charge on any atom is 0.275 e. The predicted molar refractivity (Wildman–Crippen MR) is 179 cm³/mol. The van der Waals surface area contributed by atoms with Crippen molar-refractivity contribution in [2.75, 3.05) is 33.4 Å². The second-order valence-corrected chi connectivity index (χ2v) is 12.4. The fourth-order valence-electron chi connectivity index (χ4n) is 7.09. The van der Waals surface area contributed by atoms with Crippen molar-refractivity contribution in [3.63, 3.8) is 0 Å². The van der Waals surface area contributed by atoms with Crippen LogP contribution in [0.4, 0.5) is 0 Å². The molecule has 0 spiro atoms. The number of benzene rings is 3. The lowest BCUT2D eigenvalue weighted by Gasteiger charge is -2.42. The summed E-state index contributed by atoms with van der Waals surface area (Å²) in [5.74, 6) is -0.0591. The van der Waals surface area contributed by atoms with E-state index in [0.29, 0.717) is 18.7 Å². The van der Waals surface area contributed by atoms with Gasteiger partial charge in [0.1, 0.15) is 5.60 Å². The Bertz CT molecular complexity index is 1550. The lowest BCUT2D eigenvalue weighted by Crippen LogP contribution is -2.54. The molecule has 6 rings (SSSR count). The minimum Gasteiger partial charge on any atom is -0.385 e. The Morgan fingerprint density at radius 3 is 2.42 bits per heavy atom. The Morgan fingerprint density at radius 1 is 0.978 bits per heavy atom. The van der Waals surface area contributed by atoms with Crippen LogP contribution in [0.15, 0.2) is 103 Å². The Morgan fingerprint density at radius 2 is 1.69 bits per heavy atom. The summed E-state index contributed by atoms with van der Waals surface area (Å²) in [6, 6.07) is 30.6. The van der Waals surface area contributed by atoms with Crippen LogP contribution in [0.25, 0.3) is 17.3 Å². The number of aliphatic hydroxyl groups is 1. The van der Waals surface area contributed by atoms with E-state index in [1.165, 1.54) is 5.56 Å². The monoisotopic (exact) mass is 604 g/mol. The highest BCUT2D eigenvalue weighted by Crippen LogP contribution is 2.41. The van der Waals surface area contributed by atoms with E-state index in [-0.39, 0.29) is 24.6 Å². The lowest BCUT2D eigenvalue weighted by atomic mass is 9.80. The van der Waals surface area contributed by atoms with Crippen molar-refractivity contribution in [3.05, 3.63) is 120 Å². The molecule has 1 aliphatic heterocycles. The van der Waals surface area contributed by atoms with Gasteiger partial charge in [-0.05, 0) is 30.4 Å². The Balaban J connectivity index is 1.32. The van der Waals surface area contributed by atoms with Crippen molar-refractivity contribution in [1.29, 1.82) is 0 Å². The van der Waals surface area contributed by atoms with Gasteiger partial charge in [-0.25, -0.2) is 4.98 Å². The first-order valence-electron chi connectivity index (χ1n) is 16.2. The summed E-state index contributed by atoms with van der Waals surface area (Å²) in [5, 5.41) is 11.8. The van der Waals surface area contributed by atoms with E-state index in [4.69, 9.17) is 9.72 Å². The van der Waals surface area contributed by atoms with Gasteiger partial charge in [0, 0.05) is 44.9 Å². The van der Waals surface area contributed by atoms with Gasteiger partial charge in [-0.15, -0.1) is 0 Å². The van der Waals surface area contributed by atoms with Gasteiger partial charge in [0.15, 0.2) is 5.69 Å². The average Bonchev–Trinajstić information content (AvgIpc) is 3.51. The summed E-state index contributed by atoms with van der Waals surface area (Å²) in [6.07, 6.45) is 10.2. The van der Waals surface area contributed by atoms with Crippen LogP contribution in [0.5, 0.6) is 0 Å². The molecule has 4 aromatic rings. The van der Waals surface area contributed by atoms with Crippen LogP contribution >= 0.6 is 0 Å². The summed E-state index contributed by atoms with van der Waals surface area (Å²) in [7, 11) is 1.63. The van der Waals surface area contributed by atoms with E-state index in [2.05, 4.69) is 58.0 Å². The van der Waals surface area contributed by atoms with Crippen LogP contribution < -0.4 is 0 Å². The van der Waals surface area contributed by atoms with E-state index < -0.39 is 5.60 Å². The highest BCUT2D eigenvalue weighted by molar-refractivity contribution is 5.98. The molecule has 1 saturated heterocycles. The molecule has 2 fully saturated rings. The van der Waals surface area contributed by atoms with Crippen LogP contribution in [-0.4, -0.2) is 75.4 Å². The first-order chi connectivity index (χ1) is 22.1. The number of ether oxygens (including phenoxy) is 1. The van der Waals surface area contributed by atoms with Crippen molar-refractivity contribution in [2.45, 2.75) is 56.3 Å². The molecule has 1 amide bonds. The van der Waals surface area contributed by atoms with E-state index in [1.54, 1.807) is 13.4 Å². The summed E-state index contributed by atoms with van der Waals surface area (Å²) < 4.78 is 7.55. The number of amides is 1. The molecule has 2 heterocycles. The molecule has 1 N–H and O–H groups in total. The molecular formula is C38H44N4O3. The number of methoxy groups -OCH3 is 1. The molecule has 45 heavy (non-hydrogen) atoms. The second-order valence-electron chi connectivity index (χ2n) is 12.4. The molecule has 2 aliphatic rings. The number of piperazine rings is 1. The zero-order valence-electron chi connectivity index (χ0n) is 26.2. The predicted octanol–water partition coefficient (Wildman–Crippen LogP) is 6.47. The van der Waals surface area contributed by atoms with E-state index in [0.717, 1.165) is 62.1 Å². The summed E-state index contributed by atoms with van der Waals surface area (Å²) in [4.78, 5) is 23.9. The van der Waals surface area contributed by atoms with Gasteiger partial charge in [-0.1, -0.05) is 116 Å². The number of carbonyl (C=O) groups is 1. The summed E-state index contributed by atoms with van der Waals surface area (Å²) >= 11 is 0. The van der Waals surface area contributed by atoms with Crippen molar-refractivity contribution in [3.8, 4) is 11.3 Å². The number of hydrogen-bond donors (Lipinski definition) is 1. The van der Waals surface area contributed by atoms with Gasteiger partial charge in [-0.3, -0.25) is 9.69 Å². The van der Waals surface area contributed by atoms with E-state index >= 15 is 0 Å². The molecule has 7 nitrogen and oxygen atoms in total. The Labute approximate surface area is 266 Å². The zero-order chi connectivity index (χ0) is 31.1. The van der Waals surface area contributed by atoms with E-state index in [9.17, 15) is 9.90 Å². The maximum absolute atomic E-state index is 14.6. The normalized spacial score (nSPS) is 22.6. The van der Waals surface area contributed by atoms with Gasteiger partial charge in [0.2, 0.25) is 0 Å². The van der Waals surface area contributed by atoms with Gasteiger partial charge in [0.05, 0.1) is 24.7 Å². The van der Waals surface area contributed by atoms with Crippen molar-refractivity contribution in [2.24, 2.45) is 0 Å². The fourth-order valence-corrected chi connectivity index (χ4v) is 7.09. The Hall–Kier alpha value is -4.04. The van der Waals surface area contributed by atoms with Crippen molar-refractivity contribution >= 4 is 12.0 Å². The third kappa shape index (κ3) is 7.12. The molecule has 234 valence electrons. The van der Waals surface area contributed by atoms with Crippen LogP contribution in [0.2, 0.25) is 0 Å². The van der Waals surface area contributed by atoms with Gasteiger partial charge in [-0.2, -0.15) is 0 Å². The van der Waals surface area contributed by atoms with Gasteiger partial charge >= 0.3 is 0 Å². The van der Waals surface area contributed by atoms with Gasteiger partial charge < -0.3 is 19.3 Å².